The lowest BCUT2D eigenvalue weighted by atomic mass is 9.66. The second kappa shape index (κ2) is 7.82. The van der Waals surface area contributed by atoms with Gasteiger partial charge in [0.25, 0.3) is 0 Å². The average molecular weight is 487 g/mol. The number of aromatic nitrogens is 1. The van der Waals surface area contributed by atoms with Gasteiger partial charge in [0.2, 0.25) is 11.8 Å². The number of nitrogens with zero attached hydrogens (tertiary/aromatic N) is 3. The zero-order chi connectivity index (χ0) is 25.2. The molecule has 2 bridgehead atoms. The summed E-state index contributed by atoms with van der Waals surface area (Å²) >= 11 is 0. The topological polar surface area (TPSA) is 113 Å². The Bertz CT molecular complexity index is 1470. The Morgan fingerprint density at radius 1 is 1.22 bits per heavy atom. The monoisotopic (exact) mass is 487 g/mol. The van der Waals surface area contributed by atoms with E-state index >= 15 is 0 Å². The van der Waals surface area contributed by atoms with E-state index < -0.39 is 46.8 Å². The number of ether oxygens (including phenoxy) is 2. The SMILES string of the molecule is C[C@]12O[C@](CCOc3cccc(F)c3)(C[C@@H]1O)[C@H]1C(=O)N(c3ccc(C#N)c4ncccc34)C(=O)[C@@H]12. The standard InChI is InChI=1S/C27H22FN3O5/c1-26-20(32)13-27(36-26,9-11-35-17-5-2-4-16(28)12-17)22-21(26)24(33)31(25(22)34)19-8-7-15(14-29)23-18(19)6-3-10-30-23/h2-8,10,12,20-22,32H,9,11,13H2,1H3/t20-,21+,22+,26-,27+/m0/s1. The molecule has 3 aliphatic heterocycles. The summed E-state index contributed by atoms with van der Waals surface area (Å²) in [5.41, 5.74) is -1.24. The van der Waals surface area contributed by atoms with Crippen LogP contribution in [-0.4, -0.2) is 45.8 Å². The first-order chi connectivity index (χ1) is 17.3. The van der Waals surface area contributed by atoms with Crippen LogP contribution in [0.4, 0.5) is 10.1 Å². The molecule has 9 heteroatoms. The first-order valence-electron chi connectivity index (χ1n) is 11.7. The van der Waals surface area contributed by atoms with Gasteiger partial charge in [0.15, 0.2) is 0 Å². The number of halogens is 1. The van der Waals surface area contributed by atoms with Crippen molar-refractivity contribution in [1.82, 2.24) is 4.98 Å². The highest BCUT2D eigenvalue weighted by Crippen LogP contribution is 2.62. The van der Waals surface area contributed by atoms with Crippen molar-refractivity contribution in [2.75, 3.05) is 11.5 Å². The van der Waals surface area contributed by atoms with Crippen LogP contribution in [0, 0.1) is 29.0 Å². The largest absolute Gasteiger partial charge is 0.493 e. The zero-order valence-electron chi connectivity index (χ0n) is 19.3. The minimum Gasteiger partial charge on any atom is -0.493 e. The lowest BCUT2D eigenvalue weighted by molar-refractivity contribution is -0.134. The van der Waals surface area contributed by atoms with Crippen LogP contribution in [0.1, 0.15) is 25.3 Å². The smallest absolute Gasteiger partial charge is 0.240 e. The molecule has 5 atom stereocenters. The van der Waals surface area contributed by atoms with E-state index in [2.05, 4.69) is 11.1 Å². The molecule has 2 amide bonds. The van der Waals surface area contributed by atoms with Gasteiger partial charge < -0.3 is 14.6 Å². The molecule has 0 spiro atoms. The number of nitriles is 1. The van der Waals surface area contributed by atoms with Gasteiger partial charge in [0.1, 0.15) is 23.2 Å². The Morgan fingerprint density at radius 3 is 2.81 bits per heavy atom. The zero-order valence-corrected chi connectivity index (χ0v) is 19.3. The predicted octanol–water partition coefficient (Wildman–Crippen LogP) is 3.11. The number of aliphatic hydroxyl groups excluding tert-OH is 1. The summed E-state index contributed by atoms with van der Waals surface area (Å²) in [5, 5.41) is 20.9. The average Bonchev–Trinajstić information content (AvgIpc) is 3.39. The summed E-state index contributed by atoms with van der Waals surface area (Å²) in [5.74, 6) is -2.63. The van der Waals surface area contributed by atoms with E-state index in [0.29, 0.717) is 27.9 Å². The third-order valence-corrected chi connectivity index (χ3v) is 7.81. The summed E-state index contributed by atoms with van der Waals surface area (Å²) in [7, 11) is 0. The van der Waals surface area contributed by atoms with Gasteiger partial charge in [-0.25, -0.2) is 9.29 Å². The van der Waals surface area contributed by atoms with E-state index in [1.54, 1.807) is 43.5 Å². The van der Waals surface area contributed by atoms with E-state index in [1.807, 2.05) is 0 Å². The number of aliphatic hydroxyl groups is 1. The third kappa shape index (κ3) is 3.01. The van der Waals surface area contributed by atoms with Crippen molar-refractivity contribution in [1.29, 1.82) is 5.26 Å². The molecule has 0 saturated carbocycles. The molecule has 3 fully saturated rings. The van der Waals surface area contributed by atoms with Gasteiger partial charge in [-0.05, 0) is 43.3 Å². The number of fused-ring (bicyclic) bond motifs is 6. The highest BCUT2D eigenvalue weighted by Gasteiger charge is 2.77. The molecule has 0 aliphatic carbocycles. The molecule has 3 saturated heterocycles. The molecule has 8 nitrogen and oxygen atoms in total. The Kier molecular flexibility index (Phi) is 4.90. The lowest BCUT2D eigenvalue weighted by Gasteiger charge is -2.33. The van der Waals surface area contributed by atoms with Gasteiger partial charge in [-0.3, -0.25) is 14.6 Å². The van der Waals surface area contributed by atoms with Crippen molar-refractivity contribution in [3.05, 3.63) is 66.1 Å². The van der Waals surface area contributed by atoms with Crippen molar-refractivity contribution >= 4 is 28.4 Å². The van der Waals surface area contributed by atoms with E-state index in [9.17, 15) is 24.3 Å². The number of imide groups is 1. The molecule has 6 rings (SSSR count). The van der Waals surface area contributed by atoms with E-state index in [-0.39, 0.29) is 19.4 Å². The maximum absolute atomic E-state index is 13.9. The van der Waals surface area contributed by atoms with Gasteiger partial charge in [-0.15, -0.1) is 0 Å². The quantitative estimate of drug-likeness (QED) is 0.550. The van der Waals surface area contributed by atoms with Gasteiger partial charge >= 0.3 is 0 Å². The highest BCUT2D eigenvalue weighted by atomic mass is 19.1. The van der Waals surface area contributed by atoms with Crippen molar-refractivity contribution in [2.45, 2.75) is 37.1 Å². The Hall–Kier alpha value is -3.87. The molecule has 4 heterocycles. The Balaban J connectivity index is 1.36. The summed E-state index contributed by atoms with van der Waals surface area (Å²) in [4.78, 5) is 33.1. The molecule has 1 aromatic heterocycles. The second-order valence-electron chi connectivity index (χ2n) is 9.74. The van der Waals surface area contributed by atoms with E-state index in [4.69, 9.17) is 9.47 Å². The number of hydrogen-bond donors (Lipinski definition) is 1. The van der Waals surface area contributed by atoms with Crippen LogP contribution in [0.25, 0.3) is 10.9 Å². The minimum absolute atomic E-state index is 0.112. The molecule has 36 heavy (non-hydrogen) atoms. The molecule has 182 valence electrons. The van der Waals surface area contributed by atoms with Crippen LogP contribution < -0.4 is 9.64 Å². The van der Waals surface area contributed by atoms with Crippen LogP contribution >= 0.6 is 0 Å². The van der Waals surface area contributed by atoms with Gasteiger partial charge in [0, 0.05) is 30.5 Å². The Labute approximate surface area is 205 Å². The molecule has 1 N–H and O–H groups in total. The third-order valence-electron chi connectivity index (χ3n) is 7.81. The van der Waals surface area contributed by atoms with Crippen molar-refractivity contribution < 1.29 is 28.6 Å². The summed E-state index contributed by atoms with van der Waals surface area (Å²) in [6.45, 7) is 1.78. The number of benzene rings is 2. The van der Waals surface area contributed by atoms with Crippen molar-refractivity contribution in [3.8, 4) is 11.8 Å². The maximum atomic E-state index is 13.9. The fourth-order valence-electron chi connectivity index (χ4n) is 6.20. The number of hydrogen-bond acceptors (Lipinski definition) is 7. The molecule has 0 radical (unpaired) electrons. The number of pyridine rings is 1. The van der Waals surface area contributed by atoms with Gasteiger partial charge in [-0.1, -0.05) is 6.07 Å². The number of carbonyl (C=O) groups is 2. The number of carbonyl (C=O) groups excluding carboxylic acids is 2. The second-order valence-corrected chi connectivity index (χ2v) is 9.74. The highest BCUT2D eigenvalue weighted by molar-refractivity contribution is 6.26. The molecule has 3 aromatic rings. The van der Waals surface area contributed by atoms with Crippen LogP contribution in [0.3, 0.4) is 0 Å². The van der Waals surface area contributed by atoms with Crippen LogP contribution in [0.2, 0.25) is 0 Å². The van der Waals surface area contributed by atoms with Crippen LogP contribution in [0.15, 0.2) is 54.7 Å². The minimum atomic E-state index is -1.23. The molecule has 3 aliphatic rings. The molecular weight excluding hydrogens is 465 g/mol. The number of amides is 2. The van der Waals surface area contributed by atoms with Crippen molar-refractivity contribution in [3.63, 3.8) is 0 Å². The number of anilines is 1. The van der Waals surface area contributed by atoms with Crippen LogP contribution in [0.5, 0.6) is 5.75 Å². The van der Waals surface area contributed by atoms with E-state index in [1.165, 1.54) is 18.2 Å². The Morgan fingerprint density at radius 2 is 2.03 bits per heavy atom. The fourth-order valence-corrected chi connectivity index (χ4v) is 6.20. The first-order valence-corrected chi connectivity index (χ1v) is 11.7. The molecular formula is C27H22FN3O5. The summed E-state index contributed by atoms with van der Waals surface area (Å²) in [6, 6.07) is 14.4. The van der Waals surface area contributed by atoms with Crippen molar-refractivity contribution in [2.24, 2.45) is 11.8 Å². The lowest BCUT2D eigenvalue weighted by Crippen LogP contribution is -2.49. The fraction of sp³-hybridized carbons (Fsp3) is 0.333. The molecule has 0 unspecified atom stereocenters. The van der Waals surface area contributed by atoms with E-state index in [0.717, 1.165) is 4.90 Å². The maximum Gasteiger partial charge on any atom is 0.240 e. The van der Waals surface area contributed by atoms with Crippen LogP contribution in [-0.2, 0) is 14.3 Å². The summed E-state index contributed by atoms with van der Waals surface area (Å²) in [6.07, 6.45) is 1.03. The van der Waals surface area contributed by atoms with Gasteiger partial charge in [-0.2, -0.15) is 5.26 Å². The normalized spacial score (nSPS) is 30.6. The van der Waals surface area contributed by atoms with Gasteiger partial charge in [0.05, 0.1) is 46.9 Å². The summed E-state index contributed by atoms with van der Waals surface area (Å²) < 4.78 is 25.6. The number of rotatable bonds is 5. The predicted molar refractivity (Wildman–Crippen MR) is 125 cm³/mol. The molecule has 2 aromatic carbocycles. The first kappa shape index (κ1) is 22.6.